The van der Waals surface area contributed by atoms with E-state index in [4.69, 9.17) is 0 Å². The number of carboxylic acid groups (broad SMARTS) is 1. The molecule has 1 heterocycles. The highest BCUT2D eigenvalue weighted by molar-refractivity contribution is 6.20. The zero-order valence-electron chi connectivity index (χ0n) is 11.3. The third kappa shape index (κ3) is 1.81. The smallest absolute Gasteiger partial charge is 0.335 e. The molecule has 0 amide bonds. The number of allylic oxidation sites excluding steroid dienone is 1. The van der Waals surface area contributed by atoms with E-state index < -0.39 is 5.97 Å². The lowest BCUT2D eigenvalue weighted by molar-refractivity contribution is 0.0697. The molecule has 4 rings (SSSR count). The van der Waals surface area contributed by atoms with Crippen molar-refractivity contribution in [2.75, 3.05) is 0 Å². The number of nitrogens with one attached hydrogen (secondary N) is 1. The Morgan fingerprint density at radius 3 is 2.82 bits per heavy atom. The lowest BCUT2D eigenvalue weighted by atomic mass is 9.94. The van der Waals surface area contributed by atoms with Gasteiger partial charge in [-0.2, -0.15) is 0 Å². The number of carbonyl (C=O) groups is 1. The molecule has 22 heavy (non-hydrogen) atoms. The quantitative estimate of drug-likeness (QED) is 0.759. The van der Waals surface area contributed by atoms with E-state index in [2.05, 4.69) is 21.0 Å². The predicted molar refractivity (Wildman–Crippen MR) is 83.5 cm³/mol. The number of hydrogen-bond acceptors (Lipinski definition) is 5. The molecule has 6 nitrogen and oxygen atoms in total. The Morgan fingerprint density at radius 1 is 1.09 bits per heavy atom. The summed E-state index contributed by atoms with van der Waals surface area (Å²) in [6.45, 7) is 0. The summed E-state index contributed by atoms with van der Waals surface area (Å²) < 4.78 is 0. The van der Waals surface area contributed by atoms with Crippen LogP contribution in [0.5, 0.6) is 0 Å². The lowest BCUT2D eigenvalue weighted by Crippen LogP contribution is -2.02. The molecule has 0 atom stereocenters. The molecule has 1 aliphatic heterocycles. The fourth-order valence-electron chi connectivity index (χ4n) is 2.76. The lowest BCUT2D eigenvalue weighted by Gasteiger charge is -2.09. The van der Waals surface area contributed by atoms with E-state index in [1.807, 2.05) is 24.3 Å². The Bertz CT molecular complexity index is 939. The third-order valence-corrected chi connectivity index (χ3v) is 3.71. The molecule has 2 aromatic rings. The van der Waals surface area contributed by atoms with Crippen molar-refractivity contribution in [3.8, 4) is 0 Å². The number of nitrogens with zero attached hydrogens (tertiary/aromatic N) is 3. The van der Waals surface area contributed by atoms with Gasteiger partial charge < -0.3 is 5.11 Å². The molecule has 0 bridgehead atoms. The highest BCUT2D eigenvalue weighted by Crippen LogP contribution is 2.35. The van der Waals surface area contributed by atoms with Gasteiger partial charge in [0.25, 0.3) is 0 Å². The molecule has 2 N–H and O–H groups in total. The fraction of sp³-hybridized carbons (Fsp3) is 0. The van der Waals surface area contributed by atoms with Crippen molar-refractivity contribution in [2.24, 2.45) is 15.5 Å². The van der Waals surface area contributed by atoms with Crippen molar-refractivity contribution in [2.45, 2.75) is 0 Å². The summed E-state index contributed by atoms with van der Waals surface area (Å²) in [5, 5.41) is 22.5. The maximum absolute atomic E-state index is 11.4. The molecule has 2 aromatic carbocycles. The minimum Gasteiger partial charge on any atom is -0.478 e. The van der Waals surface area contributed by atoms with E-state index in [0.717, 1.165) is 27.5 Å². The van der Waals surface area contributed by atoms with Crippen molar-refractivity contribution in [3.05, 3.63) is 58.8 Å². The second kappa shape index (κ2) is 4.63. The van der Waals surface area contributed by atoms with Gasteiger partial charge in [0.05, 0.1) is 11.3 Å². The van der Waals surface area contributed by atoms with Gasteiger partial charge in [0.15, 0.2) is 0 Å². The number of carboxylic acids is 1. The normalized spacial score (nSPS) is 14.8. The van der Waals surface area contributed by atoms with Crippen LogP contribution in [0.2, 0.25) is 0 Å². The van der Waals surface area contributed by atoms with Gasteiger partial charge in [-0.15, -0.1) is 5.10 Å². The summed E-state index contributed by atoms with van der Waals surface area (Å²) in [4.78, 5) is 11.4. The van der Waals surface area contributed by atoms with Gasteiger partial charge in [-0.3, -0.25) is 5.43 Å². The number of benzene rings is 2. The average Bonchev–Trinajstić information content (AvgIpc) is 2.76. The summed E-state index contributed by atoms with van der Waals surface area (Å²) in [5.41, 5.74) is 6.30. The molecule has 106 valence electrons. The van der Waals surface area contributed by atoms with Crippen LogP contribution in [0.15, 0.2) is 52.1 Å². The molecular formula is C16H10N4O2. The molecule has 0 saturated heterocycles. The van der Waals surface area contributed by atoms with Gasteiger partial charge in [0, 0.05) is 11.8 Å². The van der Waals surface area contributed by atoms with Crippen LogP contribution in [0.3, 0.4) is 0 Å². The van der Waals surface area contributed by atoms with Gasteiger partial charge in [-0.25, -0.2) is 4.79 Å². The zero-order valence-corrected chi connectivity index (χ0v) is 11.3. The van der Waals surface area contributed by atoms with Crippen LogP contribution >= 0.6 is 0 Å². The SMILES string of the molecule is O=C(O)c1cc2c3c(ccc(C4=NN=NNC=C4)c3c1)C=C2. The van der Waals surface area contributed by atoms with Crippen molar-refractivity contribution >= 4 is 34.6 Å². The predicted octanol–water partition coefficient (Wildman–Crippen LogP) is 3.21. The molecule has 0 unspecified atom stereocenters. The molecule has 0 radical (unpaired) electrons. The summed E-state index contributed by atoms with van der Waals surface area (Å²) >= 11 is 0. The second-order valence-electron chi connectivity index (χ2n) is 4.97. The minimum atomic E-state index is -0.950. The first-order chi connectivity index (χ1) is 10.7. The van der Waals surface area contributed by atoms with Gasteiger partial charge >= 0.3 is 5.97 Å². The van der Waals surface area contributed by atoms with Crippen LogP contribution in [-0.2, 0) is 0 Å². The van der Waals surface area contributed by atoms with Crippen molar-refractivity contribution in [1.29, 1.82) is 0 Å². The van der Waals surface area contributed by atoms with Crippen LogP contribution in [0.25, 0.3) is 22.9 Å². The van der Waals surface area contributed by atoms with Crippen LogP contribution in [0, 0.1) is 0 Å². The van der Waals surface area contributed by atoms with Gasteiger partial charge in [0.2, 0.25) is 0 Å². The number of aromatic carboxylic acids is 1. The van der Waals surface area contributed by atoms with E-state index >= 15 is 0 Å². The Morgan fingerprint density at radius 2 is 1.95 bits per heavy atom. The summed E-state index contributed by atoms with van der Waals surface area (Å²) in [5.74, 6) is -0.950. The zero-order chi connectivity index (χ0) is 15.1. The molecule has 1 aliphatic carbocycles. The van der Waals surface area contributed by atoms with E-state index in [1.165, 1.54) is 0 Å². The standard InChI is InChI=1S/C16H10N4O2/c21-16(22)11-7-10-2-1-9-3-4-12(13(8-11)15(9)10)14-5-6-17-19-20-18-14/h1-8H,(H,17,20)(H,21,22). The van der Waals surface area contributed by atoms with E-state index in [-0.39, 0.29) is 5.56 Å². The maximum Gasteiger partial charge on any atom is 0.335 e. The number of rotatable bonds is 2. The second-order valence-corrected chi connectivity index (χ2v) is 4.97. The van der Waals surface area contributed by atoms with E-state index in [9.17, 15) is 9.90 Å². The third-order valence-electron chi connectivity index (χ3n) is 3.71. The Hall–Kier alpha value is -3.28. The molecule has 2 aliphatic rings. The van der Waals surface area contributed by atoms with Crippen molar-refractivity contribution in [3.63, 3.8) is 0 Å². The molecule has 6 heteroatoms. The number of hydrogen-bond donors (Lipinski definition) is 2. The van der Waals surface area contributed by atoms with Gasteiger partial charge in [-0.05, 0) is 50.6 Å². The van der Waals surface area contributed by atoms with Gasteiger partial charge in [0.1, 0.15) is 0 Å². The fourth-order valence-corrected chi connectivity index (χ4v) is 2.76. The maximum atomic E-state index is 11.4. The first kappa shape index (κ1) is 12.5. The Labute approximate surface area is 125 Å². The van der Waals surface area contributed by atoms with Crippen LogP contribution in [0.1, 0.15) is 27.0 Å². The van der Waals surface area contributed by atoms with Crippen LogP contribution < -0.4 is 5.43 Å². The first-order valence-electron chi connectivity index (χ1n) is 6.66. The summed E-state index contributed by atoms with van der Waals surface area (Å²) in [6, 6.07) is 7.29. The van der Waals surface area contributed by atoms with Crippen LogP contribution in [0.4, 0.5) is 0 Å². The molecule has 0 spiro atoms. The monoisotopic (exact) mass is 290 g/mol. The van der Waals surface area contributed by atoms with Gasteiger partial charge in [-0.1, -0.05) is 24.3 Å². The van der Waals surface area contributed by atoms with E-state index in [0.29, 0.717) is 5.71 Å². The Balaban J connectivity index is 2.05. The van der Waals surface area contributed by atoms with Crippen molar-refractivity contribution < 1.29 is 9.90 Å². The highest BCUT2D eigenvalue weighted by Gasteiger charge is 2.17. The topological polar surface area (TPSA) is 86.4 Å². The summed E-state index contributed by atoms with van der Waals surface area (Å²) in [7, 11) is 0. The summed E-state index contributed by atoms with van der Waals surface area (Å²) in [6.07, 6.45) is 7.31. The van der Waals surface area contributed by atoms with Crippen molar-refractivity contribution in [1.82, 2.24) is 5.43 Å². The first-order valence-corrected chi connectivity index (χ1v) is 6.66. The van der Waals surface area contributed by atoms with E-state index in [1.54, 1.807) is 24.4 Å². The average molecular weight is 290 g/mol. The molecule has 0 aromatic heterocycles. The largest absolute Gasteiger partial charge is 0.478 e. The minimum absolute atomic E-state index is 0.255. The van der Waals surface area contributed by atoms with Crippen LogP contribution in [-0.4, -0.2) is 16.8 Å². The molecular weight excluding hydrogens is 280 g/mol. The highest BCUT2D eigenvalue weighted by atomic mass is 16.4. The molecule has 0 saturated carbocycles. The molecule has 0 fully saturated rings. The Kier molecular flexibility index (Phi) is 2.62.